The van der Waals surface area contributed by atoms with Gasteiger partial charge in [-0.1, -0.05) is 17.4 Å². The molecule has 1 unspecified atom stereocenters. The Morgan fingerprint density at radius 1 is 1.06 bits per heavy atom. The number of ether oxygens (including phenoxy) is 2. The maximum absolute atomic E-state index is 14.9. The fourth-order valence-corrected chi connectivity index (χ4v) is 4.73. The van der Waals surface area contributed by atoms with Crippen LogP contribution in [0.4, 0.5) is 18.9 Å². The lowest BCUT2D eigenvalue weighted by Gasteiger charge is -2.29. The number of hydrogen-bond donors (Lipinski definition) is 0. The third kappa shape index (κ3) is 4.17. The van der Waals surface area contributed by atoms with Crippen LogP contribution in [-0.4, -0.2) is 48.4 Å². The highest BCUT2D eigenvalue weighted by Crippen LogP contribution is 2.35. The fourth-order valence-electron chi connectivity index (χ4n) is 3.95. The minimum absolute atomic E-state index is 0.104. The molecule has 0 amide bonds. The first-order valence-corrected chi connectivity index (χ1v) is 11.1. The Labute approximate surface area is 191 Å². The van der Waals surface area contributed by atoms with Gasteiger partial charge in [-0.3, -0.25) is 0 Å². The number of nitrogens with zero attached hydrogens (tertiary/aromatic N) is 4. The highest BCUT2D eigenvalue weighted by Gasteiger charge is 2.23. The average Bonchev–Trinajstić information content (AvgIpc) is 3.18. The number of hydrogen-bond acceptors (Lipinski definition) is 7. The van der Waals surface area contributed by atoms with Gasteiger partial charge in [0.25, 0.3) is 5.95 Å². The zero-order valence-electron chi connectivity index (χ0n) is 17.6. The summed E-state index contributed by atoms with van der Waals surface area (Å²) in [7, 11) is 1.40. The second kappa shape index (κ2) is 9.05. The molecule has 3 heterocycles. The maximum atomic E-state index is 14.9. The number of halogens is 3. The number of methoxy groups -OCH3 is 1. The van der Waals surface area contributed by atoms with Crippen LogP contribution in [0.2, 0.25) is 0 Å². The second-order valence-corrected chi connectivity index (χ2v) is 8.48. The van der Waals surface area contributed by atoms with Crippen LogP contribution in [0.3, 0.4) is 0 Å². The summed E-state index contributed by atoms with van der Waals surface area (Å²) < 4.78 is 52.8. The van der Waals surface area contributed by atoms with Gasteiger partial charge in [-0.25, -0.2) is 19.3 Å². The smallest absolute Gasteiger partial charge is 0.260 e. The Morgan fingerprint density at radius 2 is 1.88 bits per heavy atom. The summed E-state index contributed by atoms with van der Waals surface area (Å²) in [5.74, 6) is -1.67. The molecule has 0 spiro atoms. The monoisotopic (exact) mass is 472 g/mol. The molecule has 0 aliphatic carbocycles. The molecule has 1 fully saturated rings. The SMILES string of the molecule is COC(c1ccc(F)c(-c2ncnc3cc(N4CCOCC4)ccc23)c1)c1nc(F)c(F)s1. The predicted octanol–water partition coefficient (Wildman–Crippen LogP) is 4.74. The van der Waals surface area contributed by atoms with Gasteiger partial charge in [-0.15, -0.1) is 0 Å². The van der Waals surface area contributed by atoms with Crippen molar-refractivity contribution in [3.8, 4) is 11.3 Å². The minimum atomic E-state index is -1.18. The molecule has 5 rings (SSSR count). The lowest BCUT2D eigenvalue weighted by molar-refractivity contribution is 0.122. The lowest BCUT2D eigenvalue weighted by Crippen LogP contribution is -2.36. The van der Waals surface area contributed by atoms with E-state index in [1.165, 1.54) is 25.6 Å². The summed E-state index contributed by atoms with van der Waals surface area (Å²) in [6.45, 7) is 2.91. The molecule has 2 aromatic carbocycles. The summed E-state index contributed by atoms with van der Waals surface area (Å²) in [5, 5.41) is -0.231. The van der Waals surface area contributed by atoms with Crippen molar-refractivity contribution < 1.29 is 22.6 Å². The fraction of sp³-hybridized carbons (Fsp3) is 0.261. The molecule has 1 aliphatic heterocycles. The molecule has 0 radical (unpaired) electrons. The Hall–Kier alpha value is -3.08. The van der Waals surface area contributed by atoms with E-state index in [1.54, 1.807) is 6.07 Å². The van der Waals surface area contributed by atoms with E-state index in [2.05, 4.69) is 19.9 Å². The van der Waals surface area contributed by atoms with E-state index in [9.17, 15) is 13.2 Å². The Bertz CT molecular complexity index is 1290. The van der Waals surface area contributed by atoms with Crippen LogP contribution in [0.25, 0.3) is 22.2 Å². The lowest BCUT2D eigenvalue weighted by atomic mass is 10.0. The van der Waals surface area contributed by atoms with Crippen molar-refractivity contribution in [1.82, 2.24) is 15.0 Å². The Kier molecular flexibility index (Phi) is 5.96. The average molecular weight is 472 g/mol. The van der Waals surface area contributed by atoms with Gasteiger partial charge in [-0.2, -0.15) is 8.78 Å². The number of rotatable bonds is 5. The number of anilines is 1. The summed E-state index contributed by atoms with van der Waals surface area (Å²) in [6.07, 6.45) is 0.543. The second-order valence-electron chi connectivity index (χ2n) is 7.49. The van der Waals surface area contributed by atoms with E-state index in [1.807, 2.05) is 18.2 Å². The molecule has 33 heavy (non-hydrogen) atoms. The van der Waals surface area contributed by atoms with Gasteiger partial charge in [0.15, 0.2) is 0 Å². The summed E-state index contributed by atoms with van der Waals surface area (Å²) in [6, 6.07) is 10.1. The molecule has 6 nitrogen and oxygen atoms in total. The Balaban J connectivity index is 1.56. The predicted molar refractivity (Wildman–Crippen MR) is 119 cm³/mol. The first-order chi connectivity index (χ1) is 16.0. The standard InChI is InChI=1S/C23H19F3N4O2S/c1-31-20(23-29-21(25)22(26)33-23)13-2-5-17(24)16(10-13)19-15-4-3-14(11-18(15)27-12-28-19)30-6-8-32-9-7-30/h2-5,10-12,20H,6-9H2,1H3. The van der Waals surface area contributed by atoms with E-state index in [-0.39, 0.29) is 10.6 Å². The van der Waals surface area contributed by atoms with Crippen LogP contribution < -0.4 is 4.90 Å². The number of fused-ring (bicyclic) bond motifs is 1. The van der Waals surface area contributed by atoms with E-state index in [0.717, 1.165) is 18.8 Å². The first kappa shape index (κ1) is 21.7. The normalized spacial score (nSPS) is 15.2. The Morgan fingerprint density at radius 3 is 2.61 bits per heavy atom. The van der Waals surface area contributed by atoms with Gasteiger partial charge in [-0.05, 0) is 35.9 Å². The van der Waals surface area contributed by atoms with E-state index in [0.29, 0.717) is 46.7 Å². The molecule has 4 aromatic rings. The van der Waals surface area contributed by atoms with Crippen molar-refractivity contribution in [3.63, 3.8) is 0 Å². The highest BCUT2D eigenvalue weighted by atomic mass is 32.1. The van der Waals surface area contributed by atoms with E-state index < -0.39 is 23.0 Å². The molecular formula is C23H19F3N4O2S. The largest absolute Gasteiger partial charge is 0.378 e. The van der Waals surface area contributed by atoms with Crippen molar-refractivity contribution in [1.29, 1.82) is 0 Å². The molecule has 0 N–H and O–H groups in total. The van der Waals surface area contributed by atoms with Crippen LogP contribution in [-0.2, 0) is 9.47 Å². The third-order valence-electron chi connectivity index (χ3n) is 5.57. The number of benzene rings is 2. The number of thiazole rings is 1. The van der Waals surface area contributed by atoms with Gasteiger partial charge in [0.1, 0.15) is 23.3 Å². The van der Waals surface area contributed by atoms with Gasteiger partial charge >= 0.3 is 0 Å². The number of morpholine rings is 1. The quantitative estimate of drug-likeness (QED) is 0.418. The summed E-state index contributed by atoms with van der Waals surface area (Å²) in [5.41, 5.74) is 2.84. The van der Waals surface area contributed by atoms with Crippen molar-refractivity contribution in [3.05, 3.63) is 70.2 Å². The minimum Gasteiger partial charge on any atom is -0.378 e. The topological polar surface area (TPSA) is 60.4 Å². The summed E-state index contributed by atoms with van der Waals surface area (Å²) >= 11 is 0.555. The van der Waals surface area contributed by atoms with Crippen molar-refractivity contribution in [2.45, 2.75) is 6.10 Å². The van der Waals surface area contributed by atoms with Crippen LogP contribution in [0.1, 0.15) is 16.7 Å². The molecule has 170 valence electrons. The molecule has 1 atom stereocenters. The molecule has 10 heteroatoms. The van der Waals surface area contributed by atoms with Crippen molar-refractivity contribution in [2.75, 3.05) is 38.3 Å². The van der Waals surface area contributed by atoms with Gasteiger partial charge in [0, 0.05) is 36.8 Å². The molecule has 0 saturated carbocycles. The zero-order valence-corrected chi connectivity index (χ0v) is 18.4. The molecule has 2 aromatic heterocycles. The van der Waals surface area contributed by atoms with Crippen LogP contribution in [0, 0.1) is 16.9 Å². The summed E-state index contributed by atoms with van der Waals surface area (Å²) in [4.78, 5) is 14.5. The van der Waals surface area contributed by atoms with Crippen molar-refractivity contribution in [2.24, 2.45) is 0 Å². The zero-order chi connectivity index (χ0) is 22.9. The van der Waals surface area contributed by atoms with E-state index >= 15 is 0 Å². The molecule has 0 bridgehead atoms. The molecular weight excluding hydrogens is 453 g/mol. The van der Waals surface area contributed by atoms with Gasteiger partial charge < -0.3 is 14.4 Å². The van der Waals surface area contributed by atoms with Crippen LogP contribution >= 0.6 is 11.3 Å². The van der Waals surface area contributed by atoms with Gasteiger partial charge in [0.2, 0.25) is 5.13 Å². The van der Waals surface area contributed by atoms with E-state index in [4.69, 9.17) is 9.47 Å². The highest BCUT2D eigenvalue weighted by molar-refractivity contribution is 7.10. The first-order valence-electron chi connectivity index (χ1n) is 10.3. The van der Waals surface area contributed by atoms with Gasteiger partial charge in [0.05, 0.1) is 24.4 Å². The third-order valence-corrected chi connectivity index (χ3v) is 6.43. The van der Waals surface area contributed by atoms with Crippen LogP contribution in [0.15, 0.2) is 42.7 Å². The molecule has 1 aliphatic rings. The molecule has 1 saturated heterocycles. The number of aromatic nitrogens is 3. The van der Waals surface area contributed by atoms with Crippen molar-refractivity contribution >= 4 is 27.9 Å². The maximum Gasteiger partial charge on any atom is 0.260 e. The van der Waals surface area contributed by atoms with Crippen LogP contribution in [0.5, 0.6) is 0 Å².